The molecule has 1 aromatic rings. The van der Waals surface area contributed by atoms with Crippen LogP contribution in [0.3, 0.4) is 0 Å². The first-order valence-electron chi connectivity index (χ1n) is 5.57. The molecule has 94 valence electrons. The minimum absolute atomic E-state index is 0.379. The lowest BCUT2D eigenvalue weighted by Gasteiger charge is -2.31. The number of hydrogen-bond donors (Lipinski definition) is 1. The fourth-order valence-corrected chi connectivity index (χ4v) is 3.68. The zero-order valence-corrected chi connectivity index (χ0v) is 11.9. The molecule has 2 rings (SSSR count). The van der Waals surface area contributed by atoms with Crippen LogP contribution in [0.1, 0.15) is 6.42 Å². The Morgan fingerprint density at radius 1 is 1.41 bits per heavy atom. The van der Waals surface area contributed by atoms with Crippen molar-refractivity contribution in [1.82, 2.24) is 5.32 Å². The smallest absolute Gasteiger partial charge is 0.0603 e. The average molecular weight is 292 g/mol. The van der Waals surface area contributed by atoms with Crippen molar-refractivity contribution >= 4 is 35.0 Å². The quantitative estimate of drug-likeness (QED) is 0.922. The summed E-state index contributed by atoms with van der Waals surface area (Å²) in [7, 11) is 1.99. The lowest BCUT2D eigenvalue weighted by Crippen LogP contribution is -2.43. The molecule has 0 amide bonds. The molecule has 1 aliphatic heterocycles. The zero-order valence-electron chi connectivity index (χ0n) is 9.58. The van der Waals surface area contributed by atoms with Gasteiger partial charge in [0.15, 0.2) is 0 Å². The van der Waals surface area contributed by atoms with Crippen LogP contribution in [0.25, 0.3) is 0 Å². The first-order chi connectivity index (χ1) is 8.20. The van der Waals surface area contributed by atoms with Gasteiger partial charge in [-0.05, 0) is 31.7 Å². The molecule has 2 atom stereocenters. The number of ether oxygens (including phenoxy) is 1. The van der Waals surface area contributed by atoms with Crippen LogP contribution < -0.4 is 5.32 Å². The van der Waals surface area contributed by atoms with Gasteiger partial charge >= 0.3 is 0 Å². The third-order valence-corrected chi connectivity index (χ3v) is 4.88. The first kappa shape index (κ1) is 13.5. The van der Waals surface area contributed by atoms with Crippen molar-refractivity contribution in [1.29, 1.82) is 0 Å². The van der Waals surface area contributed by atoms with Gasteiger partial charge in [0, 0.05) is 27.8 Å². The topological polar surface area (TPSA) is 21.3 Å². The predicted molar refractivity (Wildman–Crippen MR) is 74.4 cm³/mol. The molecule has 5 heteroatoms. The van der Waals surface area contributed by atoms with Crippen LogP contribution in [0.5, 0.6) is 0 Å². The molecular weight excluding hydrogens is 277 g/mol. The maximum Gasteiger partial charge on any atom is 0.0603 e. The summed E-state index contributed by atoms with van der Waals surface area (Å²) in [5, 5.41) is 5.18. The fourth-order valence-electron chi connectivity index (χ4n) is 1.89. The van der Waals surface area contributed by atoms with Crippen LogP contribution >= 0.6 is 35.0 Å². The second-order valence-electron chi connectivity index (χ2n) is 3.99. The monoisotopic (exact) mass is 291 g/mol. The van der Waals surface area contributed by atoms with Gasteiger partial charge in [0.25, 0.3) is 0 Å². The SMILES string of the molecule is CNC1CCOCC1Sc1cc(Cl)ccc1Cl. The molecular formula is C12H15Cl2NOS. The molecule has 0 bridgehead atoms. The van der Waals surface area contributed by atoms with Gasteiger partial charge in [0.2, 0.25) is 0 Å². The third-order valence-electron chi connectivity index (χ3n) is 2.85. The number of nitrogens with one attached hydrogen (secondary N) is 1. The van der Waals surface area contributed by atoms with Crippen LogP contribution in [-0.2, 0) is 4.74 Å². The van der Waals surface area contributed by atoms with Gasteiger partial charge in [-0.1, -0.05) is 23.2 Å². The van der Waals surface area contributed by atoms with Crippen LogP contribution in [0.2, 0.25) is 10.0 Å². The number of hydrogen-bond acceptors (Lipinski definition) is 3. The van der Waals surface area contributed by atoms with E-state index < -0.39 is 0 Å². The highest BCUT2D eigenvalue weighted by Crippen LogP contribution is 2.35. The van der Waals surface area contributed by atoms with E-state index in [1.54, 1.807) is 17.8 Å². The van der Waals surface area contributed by atoms with Gasteiger partial charge in [-0.3, -0.25) is 0 Å². The molecule has 1 saturated heterocycles. The second kappa shape index (κ2) is 6.30. The molecule has 2 unspecified atom stereocenters. The van der Waals surface area contributed by atoms with E-state index in [9.17, 15) is 0 Å². The Hall–Kier alpha value is 0.0700. The number of benzene rings is 1. The maximum absolute atomic E-state index is 6.17. The standard InChI is InChI=1S/C12H15Cl2NOS/c1-15-10-4-5-16-7-12(10)17-11-6-8(13)2-3-9(11)14/h2-3,6,10,12,15H,4-5,7H2,1H3. The molecule has 0 saturated carbocycles. The molecule has 1 fully saturated rings. The Balaban J connectivity index is 2.10. The molecule has 1 aromatic carbocycles. The molecule has 0 aromatic heterocycles. The molecule has 0 aliphatic carbocycles. The lowest BCUT2D eigenvalue weighted by atomic mass is 10.1. The Bertz CT molecular complexity index is 389. The van der Waals surface area contributed by atoms with E-state index in [-0.39, 0.29) is 0 Å². The highest BCUT2D eigenvalue weighted by Gasteiger charge is 2.25. The fraction of sp³-hybridized carbons (Fsp3) is 0.500. The zero-order chi connectivity index (χ0) is 12.3. The van der Waals surface area contributed by atoms with E-state index in [1.165, 1.54) is 0 Å². The highest BCUT2D eigenvalue weighted by molar-refractivity contribution is 8.00. The first-order valence-corrected chi connectivity index (χ1v) is 7.21. The van der Waals surface area contributed by atoms with Crippen molar-refractivity contribution in [2.45, 2.75) is 22.6 Å². The third kappa shape index (κ3) is 3.52. The van der Waals surface area contributed by atoms with Crippen LogP contribution in [0, 0.1) is 0 Å². The van der Waals surface area contributed by atoms with E-state index in [0.29, 0.717) is 11.3 Å². The molecule has 1 aliphatic rings. The van der Waals surface area contributed by atoms with Crippen molar-refractivity contribution in [3.05, 3.63) is 28.2 Å². The van der Waals surface area contributed by atoms with Gasteiger partial charge in [-0.15, -0.1) is 11.8 Å². The summed E-state index contributed by atoms with van der Waals surface area (Å²) in [5.41, 5.74) is 0. The molecule has 2 nitrogen and oxygen atoms in total. The Morgan fingerprint density at radius 3 is 3.00 bits per heavy atom. The van der Waals surface area contributed by atoms with Gasteiger partial charge in [-0.2, -0.15) is 0 Å². The maximum atomic E-state index is 6.17. The van der Waals surface area contributed by atoms with Crippen molar-refractivity contribution in [3.63, 3.8) is 0 Å². The van der Waals surface area contributed by atoms with Crippen LogP contribution in [0.15, 0.2) is 23.1 Å². The Kier molecular flexibility index (Phi) is 5.00. The Morgan fingerprint density at radius 2 is 2.24 bits per heavy atom. The second-order valence-corrected chi connectivity index (χ2v) is 6.11. The van der Waals surface area contributed by atoms with Crippen molar-refractivity contribution in [2.24, 2.45) is 0 Å². The Labute approximate surface area is 116 Å². The average Bonchev–Trinajstić information content (AvgIpc) is 2.34. The number of rotatable bonds is 3. The molecule has 1 heterocycles. The van der Waals surface area contributed by atoms with Gasteiger partial charge in [0.05, 0.1) is 11.6 Å². The van der Waals surface area contributed by atoms with Gasteiger partial charge < -0.3 is 10.1 Å². The summed E-state index contributed by atoms with van der Waals surface area (Å²) in [6.07, 6.45) is 1.03. The lowest BCUT2D eigenvalue weighted by molar-refractivity contribution is 0.0851. The normalized spacial score (nSPS) is 24.9. The number of thioether (sulfide) groups is 1. The van der Waals surface area contributed by atoms with Crippen LogP contribution in [-0.4, -0.2) is 31.6 Å². The van der Waals surface area contributed by atoms with E-state index in [4.69, 9.17) is 27.9 Å². The predicted octanol–water partition coefficient (Wildman–Crippen LogP) is 3.46. The molecule has 0 spiro atoms. The summed E-state index contributed by atoms with van der Waals surface area (Å²) >= 11 is 13.9. The van der Waals surface area contributed by atoms with E-state index in [1.807, 2.05) is 19.2 Å². The molecule has 1 N–H and O–H groups in total. The van der Waals surface area contributed by atoms with Crippen molar-refractivity contribution in [3.8, 4) is 0 Å². The summed E-state index contributed by atoms with van der Waals surface area (Å²) in [4.78, 5) is 1.02. The van der Waals surface area contributed by atoms with E-state index in [2.05, 4.69) is 5.32 Å². The highest BCUT2D eigenvalue weighted by atomic mass is 35.5. The summed E-state index contributed by atoms with van der Waals surface area (Å²) in [6, 6.07) is 6.02. The summed E-state index contributed by atoms with van der Waals surface area (Å²) < 4.78 is 5.52. The molecule has 17 heavy (non-hydrogen) atoms. The summed E-state index contributed by atoms with van der Waals surface area (Å²) in [6.45, 7) is 1.57. The minimum Gasteiger partial charge on any atom is -0.380 e. The number of halogens is 2. The minimum atomic E-state index is 0.379. The van der Waals surface area contributed by atoms with E-state index in [0.717, 1.165) is 34.6 Å². The summed E-state index contributed by atoms with van der Waals surface area (Å²) in [5.74, 6) is 0. The van der Waals surface area contributed by atoms with Crippen LogP contribution in [0.4, 0.5) is 0 Å². The van der Waals surface area contributed by atoms with E-state index >= 15 is 0 Å². The van der Waals surface area contributed by atoms with Gasteiger partial charge in [0.1, 0.15) is 0 Å². The van der Waals surface area contributed by atoms with Crippen molar-refractivity contribution in [2.75, 3.05) is 20.3 Å². The van der Waals surface area contributed by atoms with Crippen molar-refractivity contribution < 1.29 is 4.74 Å². The molecule has 0 radical (unpaired) electrons. The largest absolute Gasteiger partial charge is 0.380 e. The van der Waals surface area contributed by atoms with Gasteiger partial charge in [-0.25, -0.2) is 0 Å².